The van der Waals surface area contributed by atoms with E-state index in [9.17, 15) is 18.7 Å². The molecule has 0 bridgehead atoms. The van der Waals surface area contributed by atoms with E-state index < -0.39 is 23.8 Å². The van der Waals surface area contributed by atoms with Gasteiger partial charge >= 0.3 is 0 Å². The van der Waals surface area contributed by atoms with Gasteiger partial charge in [0.2, 0.25) is 0 Å². The summed E-state index contributed by atoms with van der Waals surface area (Å²) in [5, 5.41) is 12.2. The second-order valence-corrected chi connectivity index (χ2v) is 3.25. The van der Waals surface area contributed by atoms with E-state index in [0.717, 1.165) is 18.2 Å². The number of hydrogen-bond donors (Lipinski definition) is 1. The van der Waals surface area contributed by atoms with Crippen molar-refractivity contribution in [1.82, 2.24) is 5.32 Å². The van der Waals surface area contributed by atoms with Gasteiger partial charge in [-0.25, -0.2) is 8.78 Å². The van der Waals surface area contributed by atoms with Crippen molar-refractivity contribution in [2.45, 2.75) is 13.0 Å². The van der Waals surface area contributed by atoms with Gasteiger partial charge in [-0.2, -0.15) is 0 Å². The number of carbonyl (C=O) groups is 1. The van der Waals surface area contributed by atoms with Crippen LogP contribution < -0.4 is 10.4 Å². The van der Waals surface area contributed by atoms with Crippen LogP contribution in [0.1, 0.15) is 12.5 Å². The van der Waals surface area contributed by atoms with Gasteiger partial charge in [-0.1, -0.05) is 12.2 Å². The molecule has 0 aromatic heterocycles. The lowest BCUT2D eigenvalue weighted by Crippen LogP contribution is -2.41. The molecule has 1 aromatic rings. The van der Waals surface area contributed by atoms with Crippen LogP contribution in [-0.4, -0.2) is 12.1 Å². The molecule has 1 amide bonds. The van der Waals surface area contributed by atoms with Crippen LogP contribution >= 0.6 is 0 Å². The topological polar surface area (TPSA) is 52.2 Å². The molecule has 1 aromatic carbocycles. The molecule has 16 heavy (non-hydrogen) atoms. The molecule has 0 aliphatic rings. The summed E-state index contributed by atoms with van der Waals surface area (Å²) in [7, 11) is 0. The van der Waals surface area contributed by atoms with Gasteiger partial charge < -0.3 is 15.2 Å². The summed E-state index contributed by atoms with van der Waals surface area (Å²) >= 11 is 0. The molecule has 0 heterocycles. The number of carbonyl (C=O) groups excluding carboxylic acids is 1. The van der Waals surface area contributed by atoms with Crippen molar-refractivity contribution in [2.24, 2.45) is 0 Å². The number of rotatable bonds is 3. The van der Waals surface area contributed by atoms with E-state index >= 15 is 0 Å². The third-order valence-electron chi connectivity index (χ3n) is 1.87. The molecule has 1 rings (SSSR count). The van der Waals surface area contributed by atoms with E-state index in [2.05, 4.69) is 0 Å². The number of halogens is 2. The van der Waals surface area contributed by atoms with Crippen molar-refractivity contribution in [1.29, 1.82) is 0 Å². The van der Waals surface area contributed by atoms with Crippen LogP contribution in [-0.2, 0) is 0 Å². The Morgan fingerprint density at radius 2 is 2.19 bits per heavy atom. The number of amides is 1. The first kappa shape index (κ1) is 12.2. The Morgan fingerprint density at radius 1 is 1.50 bits per heavy atom. The predicted molar refractivity (Wildman–Crippen MR) is 53.4 cm³/mol. The van der Waals surface area contributed by atoms with Crippen LogP contribution in [0, 0.1) is 11.6 Å². The van der Waals surface area contributed by atoms with E-state index in [1.807, 2.05) is 5.32 Å². The van der Waals surface area contributed by atoms with Gasteiger partial charge in [0.05, 0.1) is 0 Å². The lowest BCUT2D eigenvalue weighted by molar-refractivity contribution is -0.251. The highest BCUT2D eigenvalue weighted by Crippen LogP contribution is 2.11. The van der Waals surface area contributed by atoms with Gasteiger partial charge in [0.1, 0.15) is 17.7 Å². The van der Waals surface area contributed by atoms with Crippen molar-refractivity contribution in [3.8, 4) is 0 Å². The zero-order chi connectivity index (χ0) is 12.1. The average Bonchev–Trinajstić information content (AvgIpc) is 2.18. The Bertz CT molecular complexity index is 418. The number of nitrogens with one attached hydrogen (secondary N) is 1. The molecule has 0 aliphatic heterocycles. The van der Waals surface area contributed by atoms with E-state index in [1.54, 1.807) is 6.92 Å². The highest BCUT2D eigenvalue weighted by Gasteiger charge is 2.01. The Hall–Kier alpha value is -1.91. The van der Waals surface area contributed by atoms with Gasteiger partial charge in [-0.3, -0.25) is 0 Å². The third kappa shape index (κ3) is 3.68. The summed E-state index contributed by atoms with van der Waals surface area (Å²) in [5.41, 5.74) is 0.0620. The second kappa shape index (κ2) is 5.25. The summed E-state index contributed by atoms with van der Waals surface area (Å²) in [6.45, 7) is 1.55. The van der Waals surface area contributed by atoms with Gasteiger partial charge in [0.25, 0.3) is 0 Å². The molecular formula is C11H10F2NO2-. The van der Waals surface area contributed by atoms with Crippen molar-refractivity contribution in [3.05, 3.63) is 41.5 Å². The highest BCUT2D eigenvalue weighted by molar-refractivity contribution is 5.63. The molecule has 1 atom stereocenters. The molecule has 1 unspecified atom stereocenters. The molecule has 5 heteroatoms. The normalized spacial score (nSPS) is 12.7. The van der Waals surface area contributed by atoms with Crippen LogP contribution in [0.5, 0.6) is 0 Å². The van der Waals surface area contributed by atoms with E-state index in [1.165, 1.54) is 12.2 Å². The van der Waals surface area contributed by atoms with Crippen molar-refractivity contribution >= 4 is 12.2 Å². The van der Waals surface area contributed by atoms with E-state index in [-0.39, 0.29) is 5.56 Å². The van der Waals surface area contributed by atoms with Crippen LogP contribution in [0.25, 0.3) is 6.08 Å². The molecule has 0 aliphatic carbocycles. The number of carboxylic acid groups (broad SMARTS) is 1. The zero-order valence-electron chi connectivity index (χ0n) is 8.54. The molecule has 0 radical (unpaired) electrons. The first-order valence-electron chi connectivity index (χ1n) is 4.60. The lowest BCUT2D eigenvalue weighted by Gasteiger charge is -2.10. The Balaban J connectivity index is 2.75. The lowest BCUT2D eigenvalue weighted by atomic mass is 10.1. The Kier molecular flexibility index (Phi) is 3.99. The minimum atomic E-state index is -1.42. The SMILES string of the molecule is CC(/C=C/c1cc(F)ccc1F)NC(=O)[O-]. The summed E-state index contributed by atoms with van der Waals surface area (Å²) in [6.07, 6.45) is 1.28. The van der Waals surface area contributed by atoms with Crippen LogP contribution in [0.3, 0.4) is 0 Å². The largest absolute Gasteiger partial charge is 0.530 e. The van der Waals surface area contributed by atoms with Crippen molar-refractivity contribution in [3.63, 3.8) is 0 Å². The average molecular weight is 226 g/mol. The Labute approximate surface area is 91.4 Å². The quantitative estimate of drug-likeness (QED) is 0.844. The first-order valence-corrected chi connectivity index (χ1v) is 4.60. The number of benzene rings is 1. The molecular weight excluding hydrogens is 216 g/mol. The minimum absolute atomic E-state index is 0.0620. The van der Waals surface area contributed by atoms with Crippen LogP contribution in [0.2, 0.25) is 0 Å². The van der Waals surface area contributed by atoms with Gasteiger partial charge in [-0.15, -0.1) is 0 Å². The summed E-state index contributed by atoms with van der Waals surface area (Å²) in [5.74, 6) is -1.13. The fraction of sp³-hybridized carbons (Fsp3) is 0.182. The zero-order valence-corrected chi connectivity index (χ0v) is 8.54. The minimum Gasteiger partial charge on any atom is -0.530 e. The van der Waals surface area contributed by atoms with Crippen molar-refractivity contribution < 1.29 is 18.7 Å². The highest BCUT2D eigenvalue weighted by atomic mass is 19.1. The molecule has 86 valence electrons. The third-order valence-corrected chi connectivity index (χ3v) is 1.87. The maximum atomic E-state index is 13.1. The second-order valence-electron chi connectivity index (χ2n) is 3.25. The maximum absolute atomic E-state index is 13.1. The number of hydrogen-bond acceptors (Lipinski definition) is 2. The molecule has 1 N–H and O–H groups in total. The molecule has 0 saturated carbocycles. The predicted octanol–water partition coefficient (Wildman–Crippen LogP) is 1.30. The Morgan fingerprint density at radius 3 is 2.81 bits per heavy atom. The van der Waals surface area contributed by atoms with Crippen LogP contribution in [0.15, 0.2) is 24.3 Å². The van der Waals surface area contributed by atoms with E-state index in [4.69, 9.17) is 0 Å². The van der Waals surface area contributed by atoms with Gasteiger partial charge in [0, 0.05) is 11.6 Å². The fourth-order valence-corrected chi connectivity index (χ4v) is 1.12. The fourth-order valence-electron chi connectivity index (χ4n) is 1.12. The standard InChI is InChI=1S/C11H11F2NO2/c1-7(14-11(15)16)2-3-8-6-9(12)4-5-10(8)13/h2-7,14H,1H3,(H,15,16)/p-1/b3-2+. The first-order chi connectivity index (χ1) is 7.49. The smallest absolute Gasteiger partial charge is 0.134 e. The molecule has 0 saturated heterocycles. The molecule has 3 nitrogen and oxygen atoms in total. The summed E-state index contributed by atoms with van der Waals surface area (Å²) in [4.78, 5) is 10.2. The molecule has 0 spiro atoms. The monoisotopic (exact) mass is 226 g/mol. The molecule has 0 fully saturated rings. The maximum Gasteiger partial charge on any atom is 0.134 e. The summed E-state index contributed by atoms with van der Waals surface area (Å²) < 4.78 is 25.9. The van der Waals surface area contributed by atoms with Crippen LogP contribution in [0.4, 0.5) is 13.6 Å². The van der Waals surface area contributed by atoms with Gasteiger partial charge in [-0.05, 0) is 25.1 Å². The van der Waals surface area contributed by atoms with Crippen molar-refractivity contribution in [2.75, 3.05) is 0 Å². The van der Waals surface area contributed by atoms with E-state index in [0.29, 0.717) is 0 Å². The summed E-state index contributed by atoms with van der Waals surface area (Å²) in [6, 6.07) is 2.51. The van der Waals surface area contributed by atoms with Gasteiger partial charge in [0.15, 0.2) is 0 Å².